The number of ether oxygens (including phenoxy) is 1. The Morgan fingerprint density at radius 3 is 1.94 bits per heavy atom. The predicted molar refractivity (Wildman–Crippen MR) is 115 cm³/mol. The van der Waals surface area contributed by atoms with Crippen LogP contribution >= 0.6 is 0 Å². The molecule has 1 N–H and O–H groups in total. The van der Waals surface area contributed by atoms with Crippen molar-refractivity contribution in [1.82, 2.24) is 5.32 Å². The van der Waals surface area contributed by atoms with Gasteiger partial charge in [0.05, 0.1) is 18.5 Å². The van der Waals surface area contributed by atoms with E-state index < -0.39 is 23.7 Å². The zero-order chi connectivity index (χ0) is 22.1. The van der Waals surface area contributed by atoms with Crippen molar-refractivity contribution in [3.8, 4) is 0 Å². The summed E-state index contributed by atoms with van der Waals surface area (Å²) in [6, 6.07) is 23.8. The van der Waals surface area contributed by atoms with E-state index in [1.165, 1.54) is 0 Å². The molecule has 1 amide bonds. The summed E-state index contributed by atoms with van der Waals surface area (Å²) in [5.74, 6) is -2.30. The van der Waals surface area contributed by atoms with Crippen molar-refractivity contribution >= 4 is 29.0 Å². The first kappa shape index (κ1) is 21.6. The zero-order valence-corrected chi connectivity index (χ0v) is 16.9. The van der Waals surface area contributed by atoms with Crippen LogP contribution in [0.25, 0.3) is 0 Å². The van der Waals surface area contributed by atoms with Crippen molar-refractivity contribution in [2.24, 2.45) is 10.2 Å². The average Bonchev–Trinajstić information content (AvgIpc) is 2.83. The lowest BCUT2D eigenvalue weighted by atomic mass is 10.0. The minimum Gasteiger partial charge on any atom is -0.463 e. The van der Waals surface area contributed by atoms with Crippen LogP contribution in [-0.2, 0) is 20.7 Å². The van der Waals surface area contributed by atoms with E-state index in [1.807, 2.05) is 60.7 Å². The van der Waals surface area contributed by atoms with Crippen LogP contribution in [0.2, 0.25) is 0 Å². The van der Waals surface area contributed by atoms with Gasteiger partial charge in [-0.05, 0) is 42.0 Å². The van der Waals surface area contributed by atoms with Crippen molar-refractivity contribution in [2.45, 2.75) is 12.5 Å². The number of Topliss-reactive ketones (excluding diaryl/α,β-unsaturated/α-hetero) is 1. The molecule has 0 heterocycles. The maximum atomic E-state index is 12.7. The second kappa shape index (κ2) is 10.6. The van der Waals surface area contributed by atoms with Gasteiger partial charge in [-0.3, -0.25) is 9.59 Å². The van der Waals surface area contributed by atoms with Crippen LogP contribution in [0.15, 0.2) is 95.2 Å². The van der Waals surface area contributed by atoms with Crippen LogP contribution in [0.3, 0.4) is 0 Å². The van der Waals surface area contributed by atoms with Crippen LogP contribution in [0, 0.1) is 0 Å². The molecule has 0 saturated heterocycles. The van der Waals surface area contributed by atoms with Gasteiger partial charge in [-0.1, -0.05) is 48.5 Å². The Hall–Kier alpha value is -4.13. The second-order valence-corrected chi connectivity index (χ2v) is 6.65. The van der Waals surface area contributed by atoms with Crippen molar-refractivity contribution in [1.29, 1.82) is 0 Å². The van der Waals surface area contributed by atoms with Gasteiger partial charge in [-0.15, -0.1) is 0 Å². The number of amides is 1. The van der Waals surface area contributed by atoms with Crippen molar-refractivity contribution in [2.75, 3.05) is 7.11 Å². The first-order valence-electron chi connectivity index (χ1n) is 9.60. The highest BCUT2D eigenvalue weighted by atomic mass is 16.5. The number of esters is 1. The first-order valence-corrected chi connectivity index (χ1v) is 9.60. The quantitative estimate of drug-likeness (QED) is 0.339. The minimum absolute atomic E-state index is 0.171. The molecule has 0 radical (unpaired) electrons. The molecule has 156 valence electrons. The van der Waals surface area contributed by atoms with E-state index in [2.05, 4.69) is 20.3 Å². The summed E-state index contributed by atoms with van der Waals surface area (Å²) in [6.45, 7) is 0. The van der Waals surface area contributed by atoms with Gasteiger partial charge in [0.2, 0.25) is 0 Å². The van der Waals surface area contributed by atoms with E-state index >= 15 is 0 Å². The zero-order valence-electron chi connectivity index (χ0n) is 16.9. The SMILES string of the molecule is COC(=O)C(=O)[C@H](Cc1ccccc1)NC(=O)c1ccc(N=Nc2ccccc2)cc1. The molecule has 3 aromatic carbocycles. The molecule has 0 aliphatic rings. The summed E-state index contributed by atoms with van der Waals surface area (Å²) in [6.07, 6.45) is 0.171. The Balaban J connectivity index is 1.71. The number of nitrogens with one attached hydrogen (secondary N) is 1. The molecular formula is C24H21N3O4. The molecule has 1 atom stereocenters. The lowest BCUT2D eigenvalue weighted by molar-refractivity contribution is -0.152. The number of carbonyl (C=O) groups is 3. The average molecular weight is 415 g/mol. The molecule has 0 bridgehead atoms. The van der Waals surface area contributed by atoms with Gasteiger partial charge in [0.15, 0.2) is 0 Å². The number of azo groups is 1. The monoisotopic (exact) mass is 415 g/mol. The van der Waals surface area contributed by atoms with E-state index in [1.54, 1.807) is 24.3 Å². The molecule has 0 saturated carbocycles. The number of benzene rings is 3. The number of hydrogen-bond donors (Lipinski definition) is 1. The maximum absolute atomic E-state index is 12.7. The highest BCUT2D eigenvalue weighted by molar-refractivity contribution is 6.36. The molecule has 0 aliphatic carbocycles. The van der Waals surface area contributed by atoms with E-state index in [4.69, 9.17) is 0 Å². The molecule has 0 aromatic heterocycles. The van der Waals surface area contributed by atoms with Gasteiger partial charge in [0.1, 0.15) is 6.04 Å². The normalized spacial score (nSPS) is 11.6. The first-order chi connectivity index (χ1) is 15.1. The van der Waals surface area contributed by atoms with Gasteiger partial charge in [-0.25, -0.2) is 4.79 Å². The molecule has 7 nitrogen and oxygen atoms in total. The molecule has 0 spiro atoms. The summed E-state index contributed by atoms with van der Waals surface area (Å²) in [4.78, 5) is 36.8. The highest BCUT2D eigenvalue weighted by Gasteiger charge is 2.28. The largest absolute Gasteiger partial charge is 0.463 e. The van der Waals surface area contributed by atoms with Gasteiger partial charge in [-0.2, -0.15) is 10.2 Å². The molecule has 7 heteroatoms. The molecule has 3 rings (SSSR count). The van der Waals surface area contributed by atoms with Crippen LogP contribution < -0.4 is 5.32 Å². The second-order valence-electron chi connectivity index (χ2n) is 6.65. The number of hydrogen-bond acceptors (Lipinski definition) is 6. The molecule has 0 fully saturated rings. The summed E-state index contributed by atoms with van der Waals surface area (Å²) < 4.78 is 4.53. The maximum Gasteiger partial charge on any atom is 0.376 e. The summed E-state index contributed by atoms with van der Waals surface area (Å²) >= 11 is 0. The third kappa shape index (κ3) is 6.17. The fraction of sp³-hybridized carbons (Fsp3) is 0.125. The fourth-order valence-corrected chi connectivity index (χ4v) is 2.83. The standard InChI is InChI=1S/C24H21N3O4/c1-31-24(30)22(28)21(16-17-8-4-2-5-9-17)25-23(29)18-12-14-20(15-13-18)27-26-19-10-6-3-7-11-19/h2-15,21H,16H2,1H3,(H,25,29)/t21-/m0/s1. The number of methoxy groups -OCH3 is 1. The van der Waals surface area contributed by atoms with E-state index in [9.17, 15) is 14.4 Å². The lowest BCUT2D eigenvalue weighted by Crippen LogP contribution is -2.45. The number of nitrogens with zero attached hydrogens (tertiary/aromatic N) is 2. The van der Waals surface area contributed by atoms with Crippen LogP contribution in [0.5, 0.6) is 0 Å². The Morgan fingerprint density at radius 1 is 0.806 bits per heavy atom. The predicted octanol–water partition coefficient (Wildman–Crippen LogP) is 4.19. The van der Waals surface area contributed by atoms with Gasteiger partial charge >= 0.3 is 5.97 Å². The topological polar surface area (TPSA) is 97.2 Å². The van der Waals surface area contributed by atoms with Crippen molar-refractivity contribution in [3.05, 3.63) is 96.1 Å². The Bertz CT molecular complexity index is 1060. The number of rotatable bonds is 8. The van der Waals surface area contributed by atoms with E-state index in [-0.39, 0.29) is 6.42 Å². The summed E-state index contributed by atoms with van der Waals surface area (Å²) in [7, 11) is 1.13. The van der Waals surface area contributed by atoms with E-state index in [0.29, 0.717) is 11.3 Å². The van der Waals surface area contributed by atoms with Gasteiger partial charge in [0.25, 0.3) is 11.7 Å². The van der Waals surface area contributed by atoms with E-state index in [0.717, 1.165) is 18.4 Å². The lowest BCUT2D eigenvalue weighted by Gasteiger charge is -2.17. The Morgan fingerprint density at radius 2 is 1.35 bits per heavy atom. The van der Waals surface area contributed by atoms with Gasteiger partial charge in [0, 0.05) is 12.0 Å². The molecular weight excluding hydrogens is 394 g/mol. The van der Waals surface area contributed by atoms with Crippen LogP contribution in [0.1, 0.15) is 15.9 Å². The molecule has 3 aromatic rings. The van der Waals surface area contributed by atoms with Crippen molar-refractivity contribution in [3.63, 3.8) is 0 Å². The number of ketones is 1. The van der Waals surface area contributed by atoms with Crippen molar-refractivity contribution < 1.29 is 19.1 Å². The third-order valence-electron chi connectivity index (χ3n) is 4.46. The smallest absolute Gasteiger partial charge is 0.376 e. The molecule has 0 unspecified atom stereocenters. The highest BCUT2D eigenvalue weighted by Crippen LogP contribution is 2.18. The number of carbonyl (C=O) groups excluding carboxylic acids is 3. The van der Waals surface area contributed by atoms with Gasteiger partial charge < -0.3 is 10.1 Å². The Labute approximate surface area is 179 Å². The third-order valence-corrected chi connectivity index (χ3v) is 4.46. The minimum atomic E-state index is -1.04. The van der Waals surface area contributed by atoms with Crippen LogP contribution in [-0.4, -0.2) is 30.8 Å². The Kier molecular flexibility index (Phi) is 7.37. The fourth-order valence-electron chi connectivity index (χ4n) is 2.83. The molecule has 0 aliphatic heterocycles. The summed E-state index contributed by atoms with van der Waals surface area (Å²) in [5.41, 5.74) is 2.43. The summed E-state index contributed by atoms with van der Waals surface area (Å²) in [5, 5.41) is 10.9. The van der Waals surface area contributed by atoms with Crippen LogP contribution in [0.4, 0.5) is 11.4 Å². The molecule has 31 heavy (non-hydrogen) atoms.